The fraction of sp³-hybridized carbons (Fsp3) is 0.308. The van der Waals surface area contributed by atoms with Crippen molar-refractivity contribution in [2.75, 3.05) is 0 Å². The number of aryl methyl sites for hydroxylation is 2. The zero-order valence-electron chi connectivity index (χ0n) is 9.31. The van der Waals surface area contributed by atoms with Crippen molar-refractivity contribution in [3.8, 4) is 0 Å². The smallest absolute Gasteiger partial charge is 0.303 e. The Morgan fingerprint density at radius 3 is 2.81 bits per heavy atom. The van der Waals surface area contributed by atoms with Gasteiger partial charge in [-0.1, -0.05) is 18.2 Å². The number of nitrogens with zero attached hydrogens (tertiary/aromatic N) is 1. The lowest BCUT2D eigenvalue weighted by molar-refractivity contribution is -0.136. The molecule has 2 aromatic rings. The molecule has 0 unspecified atom stereocenters. The Kier molecular flexibility index (Phi) is 2.95. The molecule has 0 saturated heterocycles. The number of benzene rings is 1. The number of carboxylic acid groups (broad SMARTS) is 1. The number of hydrogen-bond donors (Lipinski definition) is 1. The van der Waals surface area contributed by atoms with Crippen LogP contribution in [0.1, 0.15) is 19.0 Å². The van der Waals surface area contributed by atoms with Gasteiger partial charge < -0.3 is 9.67 Å². The van der Waals surface area contributed by atoms with Crippen LogP contribution in [-0.4, -0.2) is 15.6 Å². The van der Waals surface area contributed by atoms with E-state index in [-0.39, 0.29) is 6.42 Å². The molecule has 3 nitrogen and oxygen atoms in total. The van der Waals surface area contributed by atoms with E-state index in [0.29, 0.717) is 6.42 Å². The highest BCUT2D eigenvalue weighted by molar-refractivity contribution is 5.81. The first-order chi connectivity index (χ1) is 7.72. The first kappa shape index (κ1) is 10.7. The molecule has 0 aliphatic carbocycles. The van der Waals surface area contributed by atoms with Crippen LogP contribution in [0.5, 0.6) is 0 Å². The Labute approximate surface area is 94.3 Å². The maximum absolute atomic E-state index is 10.6. The van der Waals surface area contributed by atoms with E-state index in [9.17, 15) is 4.79 Å². The number of carbonyl (C=O) groups is 1. The second-order valence-corrected chi connectivity index (χ2v) is 3.83. The zero-order chi connectivity index (χ0) is 11.5. The third kappa shape index (κ3) is 1.94. The highest BCUT2D eigenvalue weighted by atomic mass is 16.4. The molecule has 0 aliphatic heterocycles. The molecule has 1 heterocycles. The number of fused-ring (bicyclic) bond motifs is 1. The van der Waals surface area contributed by atoms with E-state index in [1.54, 1.807) is 0 Å². The summed E-state index contributed by atoms with van der Waals surface area (Å²) < 4.78 is 2.18. The molecule has 0 bridgehead atoms. The van der Waals surface area contributed by atoms with Crippen molar-refractivity contribution in [2.45, 2.75) is 26.3 Å². The first-order valence-corrected chi connectivity index (χ1v) is 5.51. The number of aliphatic carboxylic acids is 1. The van der Waals surface area contributed by atoms with E-state index >= 15 is 0 Å². The van der Waals surface area contributed by atoms with Crippen LogP contribution in [0, 0.1) is 0 Å². The highest BCUT2D eigenvalue weighted by Crippen LogP contribution is 2.20. The second kappa shape index (κ2) is 4.39. The zero-order valence-corrected chi connectivity index (χ0v) is 9.31. The average molecular weight is 217 g/mol. The van der Waals surface area contributed by atoms with Crippen LogP contribution in [0.3, 0.4) is 0 Å². The maximum Gasteiger partial charge on any atom is 0.303 e. The number of aromatic nitrogens is 1. The third-order valence-corrected chi connectivity index (χ3v) is 2.81. The van der Waals surface area contributed by atoms with Crippen molar-refractivity contribution >= 4 is 16.9 Å². The lowest BCUT2D eigenvalue weighted by atomic mass is 10.2. The van der Waals surface area contributed by atoms with Crippen LogP contribution in [-0.2, 0) is 17.8 Å². The van der Waals surface area contributed by atoms with Gasteiger partial charge in [0.15, 0.2) is 0 Å². The van der Waals surface area contributed by atoms with Crippen molar-refractivity contribution in [3.05, 3.63) is 36.0 Å². The minimum absolute atomic E-state index is 0.191. The van der Waals surface area contributed by atoms with E-state index in [1.165, 1.54) is 10.9 Å². The Hall–Kier alpha value is -1.77. The van der Waals surface area contributed by atoms with Crippen LogP contribution >= 0.6 is 0 Å². The van der Waals surface area contributed by atoms with Gasteiger partial charge in [-0.05, 0) is 30.9 Å². The maximum atomic E-state index is 10.6. The van der Waals surface area contributed by atoms with Crippen LogP contribution in [0.2, 0.25) is 0 Å². The van der Waals surface area contributed by atoms with Gasteiger partial charge in [0.2, 0.25) is 0 Å². The molecule has 1 N–H and O–H groups in total. The van der Waals surface area contributed by atoms with Gasteiger partial charge in [-0.2, -0.15) is 0 Å². The molecule has 3 heteroatoms. The van der Waals surface area contributed by atoms with Crippen molar-refractivity contribution < 1.29 is 9.90 Å². The van der Waals surface area contributed by atoms with Gasteiger partial charge >= 0.3 is 5.97 Å². The van der Waals surface area contributed by atoms with Gasteiger partial charge in [-0.25, -0.2) is 0 Å². The number of rotatable bonds is 4. The minimum Gasteiger partial charge on any atom is -0.481 e. The quantitative estimate of drug-likeness (QED) is 0.855. The van der Waals surface area contributed by atoms with Gasteiger partial charge in [0.25, 0.3) is 0 Å². The Bertz CT molecular complexity index is 514. The third-order valence-electron chi connectivity index (χ3n) is 2.81. The minimum atomic E-state index is -0.743. The molecular weight excluding hydrogens is 202 g/mol. The van der Waals surface area contributed by atoms with Gasteiger partial charge in [-0.15, -0.1) is 0 Å². The molecule has 1 aromatic heterocycles. The van der Waals surface area contributed by atoms with E-state index in [0.717, 1.165) is 12.2 Å². The topological polar surface area (TPSA) is 42.2 Å². The van der Waals surface area contributed by atoms with Crippen molar-refractivity contribution in [1.82, 2.24) is 4.57 Å². The molecule has 0 aliphatic rings. The molecule has 0 saturated carbocycles. The standard InChI is InChI=1S/C13H15NO2/c1-2-14-11(7-8-13(15)16)9-10-5-3-4-6-12(10)14/h3-6,9H,2,7-8H2,1H3,(H,15,16). The monoisotopic (exact) mass is 217 g/mol. The van der Waals surface area contributed by atoms with Gasteiger partial charge in [0.1, 0.15) is 0 Å². The van der Waals surface area contributed by atoms with Crippen LogP contribution in [0.15, 0.2) is 30.3 Å². The van der Waals surface area contributed by atoms with Crippen LogP contribution < -0.4 is 0 Å². The summed E-state index contributed by atoms with van der Waals surface area (Å²) in [6.07, 6.45) is 0.786. The van der Waals surface area contributed by atoms with Gasteiger partial charge in [0.05, 0.1) is 6.42 Å². The summed E-state index contributed by atoms with van der Waals surface area (Å²) in [6, 6.07) is 10.2. The van der Waals surface area contributed by atoms with E-state index in [4.69, 9.17) is 5.11 Å². The van der Waals surface area contributed by atoms with Crippen molar-refractivity contribution in [3.63, 3.8) is 0 Å². The number of hydrogen-bond acceptors (Lipinski definition) is 1. The van der Waals surface area contributed by atoms with E-state index in [1.807, 2.05) is 12.1 Å². The fourth-order valence-electron chi connectivity index (χ4n) is 2.08. The van der Waals surface area contributed by atoms with Gasteiger partial charge in [-0.3, -0.25) is 4.79 Å². The molecule has 0 spiro atoms. The van der Waals surface area contributed by atoms with Crippen LogP contribution in [0.25, 0.3) is 10.9 Å². The summed E-state index contributed by atoms with van der Waals surface area (Å²) in [5, 5.41) is 9.89. The predicted octanol–water partition coefficient (Wildman–Crippen LogP) is 2.68. The van der Waals surface area contributed by atoms with Gasteiger partial charge in [0, 0.05) is 17.8 Å². The Morgan fingerprint density at radius 2 is 2.12 bits per heavy atom. The summed E-state index contributed by atoms with van der Waals surface area (Å²) in [5.41, 5.74) is 2.29. The second-order valence-electron chi connectivity index (χ2n) is 3.83. The molecule has 2 rings (SSSR count). The van der Waals surface area contributed by atoms with Crippen molar-refractivity contribution in [2.24, 2.45) is 0 Å². The Balaban J connectivity index is 2.40. The average Bonchev–Trinajstić information content (AvgIpc) is 2.63. The molecule has 0 amide bonds. The molecule has 84 valence electrons. The summed E-state index contributed by atoms with van der Waals surface area (Å²) >= 11 is 0. The normalized spacial score (nSPS) is 10.8. The van der Waals surface area contributed by atoms with Crippen molar-refractivity contribution in [1.29, 1.82) is 0 Å². The number of para-hydroxylation sites is 1. The highest BCUT2D eigenvalue weighted by Gasteiger charge is 2.08. The summed E-state index contributed by atoms with van der Waals surface area (Å²) in [5.74, 6) is -0.743. The lowest BCUT2D eigenvalue weighted by Gasteiger charge is -2.06. The fourth-order valence-corrected chi connectivity index (χ4v) is 2.08. The Morgan fingerprint density at radius 1 is 1.38 bits per heavy atom. The lowest BCUT2D eigenvalue weighted by Crippen LogP contribution is -2.04. The van der Waals surface area contributed by atoms with E-state index in [2.05, 4.69) is 29.7 Å². The summed E-state index contributed by atoms with van der Waals surface area (Å²) in [4.78, 5) is 10.6. The first-order valence-electron chi connectivity index (χ1n) is 5.51. The molecule has 0 radical (unpaired) electrons. The van der Waals surface area contributed by atoms with Crippen LogP contribution in [0.4, 0.5) is 0 Å². The number of carboxylic acids is 1. The summed E-state index contributed by atoms with van der Waals surface area (Å²) in [6.45, 7) is 2.96. The molecule has 1 aromatic carbocycles. The van der Waals surface area contributed by atoms with E-state index < -0.39 is 5.97 Å². The predicted molar refractivity (Wildman–Crippen MR) is 63.6 cm³/mol. The molecular formula is C13H15NO2. The largest absolute Gasteiger partial charge is 0.481 e. The molecule has 0 fully saturated rings. The summed E-state index contributed by atoms with van der Waals surface area (Å²) in [7, 11) is 0. The SMILES string of the molecule is CCn1c(CCC(=O)O)cc2ccccc21. The molecule has 16 heavy (non-hydrogen) atoms. The molecule has 0 atom stereocenters.